The number of aryl methyl sites for hydroxylation is 1. The van der Waals surface area contributed by atoms with Gasteiger partial charge in [-0.1, -0.05) is 18.2 Å². The molecule has 18 heavy (non-hydrogen) atoms. The van der Waals surface area contributed by atoms with Crippen LogP contribution >= 0.6 is 0 Å². The van der Waals surface area contributed by atoms with Crippen molar-refractivity contribution in [2.24, 2.45) is 0 Å². The third-order valence-electron chi connectivity index (χ3n) is 3.55. The number of hydrogen-bond acceptors (Lipinski definition) is 2. The Balaban J connectivity index is 2.47. The first kappa shape index (κ1) is 13.8. The molecule has 0 bridgehead atoms. The quantitative estimate of drug-likeness (QED) is 0.893. The minimum Gasteiger partial charge on any atom is -0.392 e. The number of hydrogen-bond donors (Lipinski definition) is 1. The molecule has 1 aliphatic carbocycles. The van der Waals surface area contributed by atoms with Crippen LogP contribution in [0.3, 0.4) is 0 Å². The fraction of sp³-hybridized carbons (Fsp3) is 0.600. The van der Waals surface area contributed by atoms with E-state index in [1.54, 1.807) is 0 Å². The van der Waals surface area contributed by atoms with Gasteiger partial charge in [-0.3, -0.25) is 4.21 Å². The molecule has 0 saturated heterocycles. The van der Waals surface area contributed by atoms with E-state index in [1.807, 2.05) is 32.9 Å². The molecule has 2 rings (SSSR count). The van der Waals surface area contributed by atoms with Crippen LogP contribution in [0.1, 0.15) is 55.6 Å². The van der Waals surface area contributed by atoms with E-state index >= 15 is 0 Å². The van der Waals surface area contributed by atoms with Crippen molar-refractivity contribution >= 4 is 10.8 Å². The lowest BCUT2D eigenvalue weighted by Crippen LogP contribution is -2.29. The summed E-state index contributed by atoms with van der Waals surface area (Å²) < 4.78 is 12.5. The van der Waals surface area contributed by atoms with Crippen molar-refractivity contribution in [1.29, 1.82) is 0 Å². The number of fused-ring (bicyclic) bond motifs is 1. The average molecular weight is 266 g/mol. The first-order chi connectivity index (χ1) is 8.45. The highest BCUT2D eigenvalue weighted by atomic mass is 32.2. The molecule has 0 fully saturated rings. The Kier molecular flexibility index (Phi) is 3.93. The van der Waals surface area contributed by atoms with E-state index in [-0.39, 0.29) is 16.6 Å². The normalized spacial score (nSPS) is 21.4. The molecular weight excluding hydrogens is 244 g/mol. The average Bonchev–Trinajstić information content (AvgIpc) is 2.35. The Bertz CT molecular complexity index is 446. The topological polar surface area (TPSA) is 37.3 Å². The number of rotatable bonds is 2. The Morgan fingerprint density at radius 3 is 2.72 bits per heavy atom. The van der Waals surface area contributed by atoms with Crippen LogP contribution in [0.5, 0.6) is 0 Å². The lowest BCUT2D eigenvalue weighted by atomic mass is 9.88. The third-order valence-corrected chi connectivity index (χ3v) is 5.75. The molecule has 2 atom stereocenters. The Hall–Kier alpha value is -0.670. The molecule has 1 N–H and O–H groups in total. The molecule has 3 heteroatoms. The summed E-state index contributed by atoms with van der Waals surface area (Å²) in [5.41, 5.74) is 3.38. The molecule has 0 aliphatic heterocycles. The van der Waals surface area contributed by atoms with Gasteiger partial charge in [0.1, 0.15) is 0 Å². The molecule has 2 nitrogen and oxygen atoms in total. The largest absolute Gasteiger partial charge is 0.392 e. The van der Waals surface area contributed by atoms with Gasteiger partial charge >= 0.3 is 0 Å². The maximum Gasteiger partial charge on any atom is 0.0685 e. The molecule has 100 valence electrons. The Morgan fingerprint density at radius 2 is 2.11 bits per heavy atom. The van der Waals surface area contributed by atoms with Crippen LogP contribution < -0.4 is 0 Å². The van der Waals surface area contributed by atoms with Crippen LogP contribution in [0.2, 0.25) is 0 Å². The van der Waals surface area contributed by atoms with Crippen molar-refractivity contribution in [3.8, 4) is 0 Å². The van der Waals surface area contributed by atoms with Crippen LogP contribution in [-0.2, 0) is 23.8 Å². The first-order valence-electron chi connectivity index (χ1n) is 6.57. The monoisotopic (exact) mass is 266 g/mol. The fourth-order valence-corrected chi connectivity index (χ4v) is 4.45. The van der Waals surface area contributed by atoms with Gasteiger partial charge in [-0.05, 0) is 56.7 Å². The summed E-state index contributed by atoms with van der Waals surface area (Å²) in [6.07, 6.45) is 3.10. The fourth-order valence-electron chi connectivity index (χ4n) is 2.70. The predicted octanol–water partition coefficient (Wildman–Crippen LogP) is 3.10. The molecule has 1 aromatic rings. The number of benzene rings is 1. The lowest BCUT2D eigenvalue weighted by Gasteiger charge is -2.32. The SMILES string of the molecule is CC(C)(C)S(=O)C1CCCc2cccc(CO)c21. The standard InChI is InChI=1S/C15H22O2S/c1-15(2,3)18(17)13-9-5-7-11-6-4-8-12(10-16)14(11)13/h4,6,8,13,16H,5,7,9-10H2,1-3H3. The molecule has 2 unspecified atom stereocenters. The van der Waals surface area contributed by atoms with E-state index in [1.165, 1.54) is 5.56 Å². The van der Waals surface area contributed by atoms with Gasteiger partial charge in [-0.25, -0.2) is 0 Å². The van der Waals surface area contributed by atoms with E-state index in [2.05, 4.69) is 6.07 Å². The van der Waals surface area contributed by atoms with Gasteiger partial charge in [0, 0.05) is 15.5 Å². The third kappa shape index (κ3) is 2.52. The molecule has 0 heterocycles. The molecular formula is C15H22O2S. The lowest BCUT2D eigenvalue weighted by molar-refractivity contribution is 0.280. The second kappa shape index (κ2) is 5.14. The van der Waals surface area contributed by atoms with Gasteiger partial charge in [0.2, 0.25) is 0 Å². The van der Waals surface area contributed by atoms with Gasteiger partial charge in [-0.2, -0.15) is 0 Å². The second-order valence-corrected chi connectivity index (χ2v) is 8.33. The summed E-state index contributed by atoms with van der Waals surface area (Å²) in [6.45, 7) is 6.12. The van der Waals surface area contributed by atoms with Gasteiger partial charge in [0.25, 0.3) is 0 Å². The van der Waals surface area contributed by atoms with Gasteiger partial charge in [-0.15, -0.1) is 0 Å². The van der Waals surface area contributed by atoms with E-state index in [0.29, 0.717) is 0 Å². The zero-order valence-electron chi connectivity index (χ0n) is 11.4. The van der Waals surface area contributed by atoms with E-state index in [4.69, 9.17) is 0 Å². The van der Waals surface area contributed by atoms with Crippen molar-refractivity contribution in [3.63, 3.8) is 0 Å². The minimum atomic E-state index is -0.908. The summed E-state index contributed by atoms with van der Waals surface area (Å²) >= 11 is 0. The molecule has 0 saturated carbocycles. The van der Waals surface area contributed by atoms with Gasteiger partial charge in [0.15, 0.2) is 0 Å². The summed E-state index contributed by atoms with van der Waals surface area (Å²) in [6, 6.07) is 6.06. The highest BCUT2D eigenvalue weighted by molar-refractivity contribution is 7.86. The van der Waals surface area contributed by atoms with E-state index < -0.39 is 10.8 Å². The van der Waals surface area contributed by atoms with Crippen molar-refractivity contribution in [1.82, 2.24) is 0 Å². The summed E-state index contributed by atoms with van der Waals surface area (Å²) in [7, 11) is -0.908. The van der Waals surface area contributed by atoms with Crippen molar-refractivity contribution in [3.05, 3.63) is 34.9 Å². The van der Waals surface area contributed by atoms with Crippen molar-refractivity contribution in [2.75, 3.05) is 0 Å². The Morgan fingerprint density at radius 1 is 1.39 bits per heavy atom. The minimum absolute atomic E-state index is 0.0427. The Labute approximate surface area is 112 Å². The number of aliphatic hydroxyl groups is 1. The zero-order chi connectivity index (χ0) is 13.3. The van der Waals surface area contributed by atoms with E-state index in [9.17, 15) is 9.32 Å². The zero-order valence-corrected chi connectivity index (χ0v) is 12.2. The molecule has 0 spiro atoms. The first-order valence-corrected chi connectivity index (χ1v) is 7.78. The highest BCUT2D eigenvalue weighted by Crippen LogP contribution is 2.39. The molecule has 1 aliphatic rings. The molecule has 1 aromatic carbocycles. The second-order valence-electron chi connectivity index (χ2n) is 5.94. The van der Waals surface area contributed by atoms with Gasteiger partial charge in [0.05, 0.1) is 11.9 Å². The predicted molar refractivity (Wildman–Crippen MR) is 75.9 cm³/mol. The highest BCUT2D eigenvalue weighted by Gasteiger charge is 2.33. The molecule has 0 amide bonds. The van der Waals surface area contributed by atoms with Gasteiger partial charge < -0.3 is 5.11 Å². The van der Waals surface area contributed by atoms with Crippen molar-refractivity contribution < 1.29 is 9.32 Å². The van der Waals surface area contributed by atoms with Crippen LogP contribution in [0, 0.1) is 0 Å². The molecule has 0 aromatic heterocycles. The maximum absolute atomic E-state index is 12.7. The van der Waals surface area contributed by atoms with Crippen LogP contribution in [0.15, 0.2) is 18.2 Å². The van der Waals surface area contributed by atoms with Crippen LogP contribution in [-0.4, -0.2) is 14.1 Å². The van der Waals surface area contributed by atoms with E-state index in [0.717, 1.165) is 30.4 Å². The maximum atomic E-state index is 12.7. The summed E-state index contributed by atoms with van der Waals surface area (Å²) in [4.78, 5) is 0. The number of aliphatic hydroxyl groups excluding tert-OH is 1. The summed E-state index contributed by atoms with van der Waals surface area (Å²) in [5, 5.41) is 9.58. The van der Waals surface area contributed by atoms with Crippen molar-refractivity contribution in [2.45, 2.75) is 56.6 Å². The molecule has 0 radical (unpaired) electrons. The smallest absolute Gasteiger partial charge is 0.0685 e. The van der Waals surface area contributed by atoms with Crippen LogP contribution in [0.4, 0.5) is 0 Å². The summed E-state index contributed by atoms with van der Waals surface area (Å²) in [5.74, 6) is 0. The van der Waals surface area contributed by atoms with Crippen LogP contribution in [0.25, 0.3) is 0 Å².